The van der Waals surface area contributed by atoms with Crippen molar-refractivity contribution in [3.05, 3.63) is 41.7 Å². The molecule has 236 valence electrons. The number of amides is 3. The lowest BCUT2D eigenvalue weighted by molar-refractivity contribution is -0.117. The summed E-state index contributed by atoms with van der Waals surface area (Å²) in [6.07, 6.45) is 5.58. The highest BCUT2D eigenvalue weighted by Crippen LogP contribution is 2.38. The number of aryl methyl sites for hydroxylation is 1. The van der Waals surface area contributed by atoms with Gasteiger partial charge < -0.3 is 31.7 Å². The Morgan fingerprint density at radius 3 is 2.52 bits per heavy atom. The summed E-state index contributed by atoms with van der Waals surface area (Å²) in [5.41, 5.74) is 7.62. The second-order valence-electron chi connectivity index (χ2n) is 11.5. The maximum absolute atomic E-state index is 13.2. The highest BCUT2D eigenvalue weighted by molar-refractivity contribution is 6.60. The fourth-order valence-electron chi connectivity index (χ4n) is 4.96. The average molecular weight is 621 g/mol. The molecule has 46 heavy (non-hydrogen) atoms. The van der Waals surface area contributed by atoms with Crippen LogP contribution in [0, 0.1) is 11.8 Å². The fourth-order valence-corrected chi connectivity index (χ4v) is 4.96. The van der Waals surface area contributed by atoms with E-state index in [1.54, 1.807) is 31.3 Å². The number of nitrogens with zero attached hydrogens (tertiary/aromatic N) is 4. The van der Waals surface area contributed by atoms with Gasteiger partial charge in [0.05, 0.1) is 47.7 Å². The van der Waals surface area contributed by atoms with Crippen molar-refractivity contribution in [2.45, 2.75) is 50.7 Å². The smallest absolute Gasteiger partial charge is 0.272 e. The molecule has 1 saturated carbocycles. The van der Waals surface area contributed by atoms with Crippen LogP contribution in [-0.2, 0) is 11.8 Å². The molecule has 13 nitrogen and oxygen atoms in total. The number of anilines is 3. The van der Waals surface area contributed by atoms with Crippen LogP contribution in [-0.4, -0.2) is 86.7 Å². The van der Waals surface area contributed by atoms with E-state index >= 15 is 0 Å². The van der Waals surface area contributed by atoms with Crippen molar-refractivity contribution in [2.24, 2.45) is 24.6 Å². The van der Waals surface area contributed by atoms with Crippen molar-refractivity contribution >= 4 is 58.5 Å². The second-order valence-corrected chi connectivity index (χ2v) is 11.5. The van der Waals surface area contributed by atoms with E-state index in [0.717, 1.165) is 38.5 Å². The molecule has 0 spiro atoms. The Bertz CT molecular complexity index is 1560. The molecular weight excluding hydrogens is 583 g/mol. The van der Waals surface area contributed by atoms with Crippen LogP contribution >= 0.6 is 0 Å². The van der Waals surface area contributed by atoms with Gasteiger partial charge in [0.15, 0.2) is 17.3 Å². The topological polar surface area (TPSA) is 178 Å². The van der Waals surface area contributed by atoms with Crippen LogP contribution in [0.4, 0.5) is 17.2 Å². The summed E-state index contributed by atoms with van der Waals surface area (Å²) in [6.45, 7) is 3.23. The number of aromatic nitrogens is 4. The monoisotopic (exact) mass is 621 g/mol. The Morgan fingerprint density at radius 2 is 1.87 bits per heavy atom. The summed E-state index contributed by atoms with van der Waals surface area (Å²) in [4.78, 5) is 38.5. The van der Waals surface area contributed by atoms with Gasteiger partial charge in [-0.05, 0) is 56.3 Å². The highest BCUT2D eigenvalue weighted by Gasteiger charge is 2.30. The number of carbonyl (C=O) groups excluding carboxylic acids is 3. The third-order valence-electron chi connectivity index (χ3n) is 7.51. The molecule has 0 saturated heterocycles. The highest BCUT2D eigenvalue weighted by atomic mass is 16.5. The van der Waals surface area contributed by atoms with Crippen LogP contribution in [0.3, 0.4) is 0 Å². The van der Waals surface area contributed by atoms with Crippen LogP contribution in [0.1, 0.15) is 66.4 Å². The number of nitrogens with one attached hydrogen (secondary N) is 4. The van der Waals surface area contributed by atoms with Gasteiger partial charge in [0, 0.05) is 31.1 Å². The first-order valence-corrected chi connectivity index (χ1v) is 15.3. The maximum Gasteiger partial charge on any atom is 0.272 e. The van der Waals surface area contributed by atoms with Crippen molar-refractivity contribution in [3.8, 4) is 17.0 Å². The van der Waals surface area contributed by atoms with Crippen molar-refractivity contribution in [1.82, 2.24) is 30.6 Å². The Hall–Kier alpha value is -4.33. The van der Waals surface area contributed by atoms with Crippen LogP contribution in [0.25, 0.3) is 11.3 Å². The average Bonchev–Trinajstić information content (AvgIpc) is 3.79. The zero-order valence-electron chi connectivity index (χ0n) is 26.4. The summed E-state index contributed by atoms with van der Waals surface area (Å²) >= 11 is 0. The van der Waals surface area contributed by atoms with Crippen LogP contribution in [0.15, 0.2) is 30.3 Å². The van der Waals surface area contributed by atoms with Gasteiger partial charge in [-0.25, -0.2) is 0 Å². The fraction of sp³-hybridized carbons (Fsp3) is 0.467. The van der Waals surface area contributed by atoms with Gasteiger partial charge in [-0.3, -0.25) is 19.1 Å². The zero-order chi connectivity index (χ0) is 33.4. The van der Waals surface area contributed by atoms with Gasteiger partial charge in [0.1, 0.15) is 5.69 Å². The first-order chi connectivity index (χ1) is 21.9. The zero-order valence-corrected chi connectivity index (χ0v) is 26.4. The summed E-state index contributed by atoms with van der Waals surface area (Å²) in [5, 5.41) is 21.7. The molecule has 0 aliphatic heterocycles. The molecule has 1 unspecified atom stereocenters. The molecular formula is C30H38B3N9O4. The lowest BCUT2D eigenvalue weighted by atomic mass is 9.49. The number of hydrogen-bond donors (Lipinski definition) is 5. The Labute approximate surface area is 272 Å². The minimum atomic E-state index is -2.02. The molecule has 1 fully saturated rings. The Morgan fingerprint density at radius 1 is 1.11 bits per heavy atom. The molecule has 16 heteroatoms. The van der Waals surface area contributed by atoms with E-state index in [-0.39, 0.29) is 34.9 Å². The molecule has 2 heterocycles. The number of methoxy groups -OCH3 is 1. The lowest BCUT2D eigenvalue weighted by Crippen LogP contribution is -2.50. The summed E-state index contributed by atoms with van der Waals surface area (Å²) in [6, 6.07) is 8.41. The predicted octanol–water partition coefficient (Wildman–Crippen LogP) is 1.71. The molecule has 3 aromatic rings. The third-order valence-corrected chi connectivity index (χ3v) is 7.51. The normalized spacial score (nSPS) is 13.5. The number of carbonyl (C=O) groups is 3. The number of para-hydroxylation sites is 1. The number of rotatable bonds is 16. The van der Waals surface area contributed by atoms with Crippen molar-refractivity contribution in [3.63, 3.8) is 0 Å². The quantitative estimate of drug-likeness (QED) is 0.149. The Balaban J connectivity index is 1.62. The van der Waals surface area contributed by atoms with Crippen LogP contribution < -0.4 is 31.7 Å². The van der Waals surface area contributed by atoms with Gasteiger partial charge >= 0.3 is 0 Å². The van der Waals surface area contributed by atoms with E-state index in [1.165, 1.54) is 17.9 Å². The third kappa shape index (κ3) is 9.12. The standard InChI is InChI=1S/C30H38B3N9O4/c1-4-5-7-17(12-13-34)16-35-28(44)23-14-21(41-42(23)2)19-8-6-9-20(26(19)46-3)36-22-15-24(37-27(43)18-10-11-18)39-40-25(22)29(45)38-30(31,32)33/h6,8-9,14-15,17-18H,4-5,7,10-13,16,34H2,1-3H3,(H,35,44)(H,38,45)(H2,36,37,39,43). The van der Waals surface area contributed by atoms with Gasteiger partial charge in [-0.15, -0.1) is 10.2 Å². The molecule has 4 rings (SSSR count). The van der Waals surface area contributed by atoms with Gasteiger partial charge in [-0.1, -0.05) is 31.1 Å². The molecule has 2 aromatic heterocycles. The first kappa shape index (κ1) is 34.5. The number of nitrogens with two attached hydrogens (primary N) is 1. The van der Waals surface area contributed by atoms with Crippen LogP contribution in [0.2, 0.25) is 0 Å². The van der Waals surface area contributed by atoms with Crippen molar-refractivity contribution < 1.29 is 19.1 Å². The van der Waals surface area contributed by atoms with Crippen LogP contribution in [0.5, 0.6) is 5.75 Å². The van der Waals surface area contributed by atoms with Crippen molar-refractivity contribution in [2.75, 3.05) is 30.8 Å². The molecule has 3 amide bonds. The van der Waals surface area contributed by atoms with E-state index in [0.29, 0.717) is 47.4 Å². The van der Waals surface area contributed by atoms with E-state index in [9.17, 15) is 14.4 Å². The summed E-state index contributed by atoms with van der Waals surface area (Å²) < 4.78 is 7.29. The van der Waals surface area contributed by atoms with E-state index in [4.69, 9.17) is 34.0 Å². The minimum Gasteiger partial charge on any atom is -0.494 e. The lowest BCUT2D eigenvalue weighted by Gasteiger charge is -2.23. The largest absolute Gasteiger partial charge is 0.494 e. The van der Waals surface area contributed by atoms with Gasteiger partial charge in [0.2, 0.25) is 5.91 Å². The van der Waals surface area contributed by atoms with E-state index < -0.39 is 11.1 Å². The molecule has 1 aliphatic carbocycles. The van der Waals surface area contributed by atoms with Gasteiger partial charge in [-0.2, -0.15) is 5.10 Å². The first-order valence-electron chi connectivity index (χ1n) is 15.3. The minimum absolute atomic E-state index is 0.0796. The SMILES string of the molecule is [B]C([B])([B])NC(=O)c1nnc(NC(=O)C2CC2)cc1Nc1cccc(-c2cc(C(=O)NCC(CCN)CCCC)n(C)n2)c1OC. The van der Waals surface area contributed by atoms with E-state index in [1.807, 2.05) is 0 Å². The molecule has 1 aromatic carbocycles. The number of ether oxygens (including phenoxy) is 1. The predicted molar refractivity (Wildman–Crippen MR) is 178 cm³/mol. The molecule has 6 radical (unpaired) electrons. The van der Waals surface area contributed by atoms with Crippen molar-refractivity contribution in [1.29, 1.82) is 0 Å². The van der Waals surface area contributed by atoms with E-state index in [2.05, 4.69) is 43.5 Å². The summed E-state index contributed by atoms with van der Waals surface area (Å²) in [5.74, 6) is -0.513. The molecule has 1 aliphatic rings. The Kier molecular flexibility index (Phi) is 11.5. The molecule has 6 N–H and O–H groups in total. The second kappa shape index (κ2) is 15.3. The number of unbranched alkanes of at least 4 members (excludes halogenated alkanes) is 1. The number of hydrogen-bond acceptors (Lipinski definition) is 9. The number of benzene rings is 1. The molecule has 0 bridgehead atoms. The maximum atomic E-state index is 13.2. The molecule has 1 atom stereocenters. The summed E-state index contributed by atoms with van der Waals surface area (Å²) in [7, 11) is 19.9. The van der Waals surface area contributed by atoms with Gasteiger partial charge in [0.25, 0.3) is 11.8 Å².